The highest BCUT2D eigenvalue weighted by Crippen LogP contribution is 2.42. The van der Waals surface area contributed by atoms with E-state index in [0.717, 1.165) is 16.5 Å². The topological polar surface area (TPSA) is 162 Å². The summed E-state index contributed by atoms with van der Waals surface area (Å²) in [6.45, 7) is 1.93. The maximum Gasteiger partial charge on any atom is 0.272 e. The third-order valence-electron chi connectivity index (χ3n) is 6.77. The highest BCUT2D eigenvalue weighted by atomic mass is 32.1. The molecule has 0 saturated heterocycles. The number of H-pyrrole nitrogens is 1. The van der Waals surface area contributed by atoms with E-state index in [0.29, 0.717) is 55.6 Å². The van der Waals surface area contributed by atoms with Gasteiger partial charge in [0, 0.05) is 51.7 Å². The molecule has 0 unspecified atom stereocenters. The SMILES string of the molecule is COc1cc(Nc2nc(N)c(-c3nc(-c4cc(NC(=O)c5cccc6[nH]ccc56)ccc4C)no3)s2)cc(OC)c1OC. The number of fused-ring (bicyclic) bond motifs is 1. The van der Waals surface area contributed by atoms with E-state index in [4.69, 9.17) is 24.5 Å². The number of aromatic nitrogens is 4. The van der Waals surface area contributed by atoms with Crippen LogP contribution in [0.4, 0.5) is 22.3 Å². The van der Waals surface area contributed by atoms with Crippen molar-refractivity contribution in [2.45, 2.75) is 6.92 Å². The van der Waals surface area contributed by atoms with Crippen molar-refractivity contribution >= 4 is 50.5 Å². The number of carbonyl (C=O) groups excluding carboxylic acids is 1. The fourth-order valence-electron chi connectivity index (χ4n) is 4.66. The first kappa shape index (κ1) is 27.6. The normalized spacial score (nSPS) is 11.0. The molecule has 0 aliphatic heterocycles. The second-order valence-corrected chi connectivity index (χ2v) is 10.4. The Kier molecular flexibility index (Phi) is 7.30. The van der Waals surface area contributed by atoms with Crippen molar-refractivity contribution in [2.24, 2.45) is 0 Å². The zero-order valence-corrected chi connectivity index (χ0v) is 24.5. The van der Waals surface area contributed by atoms with Gasteiger partial charge in [0.15, 0.2) is 16.6 Å². The number of aryl methyl sites for hydroxylation is 1. The predicted octanol–water partition coefficient (Wildman–Crippen LogP) is 6.25. The minimum Gasteiger partial charge on any atom is -0.493 e. The van der Waals surface area contributed by atoms with Gasteiger partial charge in [-0.3, -0.25) is 4.79 Å². The molecular formula is C30H27N7O5S. The van der Waals surface area contributed by atoms with Crippen molar-refractivity contribution in [3.05, 3.63) is 71.9 Å². The van der Waals surface area contributed by atoms with E-state index < -0.39 is 0 Å². The largest absolute Gasteiger partial charge is 0.493 e. The average Bonchev–Trinajstić information content (AvgIpc) is 3.77. The number of rotatable bonds is 9. The van der Waals surface area contributed by atoms with Gasteiger partial charge in [0.2, 0.25) is 11.6 Å². The standard InChI is InChI=1S/C30H27N7O5S/c1-15-8-9-16(33-28(38)19-6-5-7-21-18(19)10-11-32-21)12-20(15)27-36-29(42-37-27)25-26(31)35-30(43-25)34-17-13-22(39-2)24(41-4)23(14-17)40-3/h5-14,32H,31H2,1-4H3,(H,33,38)(H,34,35). The number of thiazole rings is 1. The van der Waals surface area contributed by atoms with Crippen LogP contribution in [0, 0.1) is 6.92 Å². The first-order chi connectivity index (χ1) is 20.9. The Morgan fingerprint density at radius 3 is 2.51 bits per heavy atom. The maximum absolute atomic E-state index is 13.1. The number of ether oxygens (including phenoxy) is 3. The number of nitrogen functional groups attached to an aromatic ring is 1. The van der Waals surface area contributed by atoms with E-state index in [9.17, 15) is 4.79 Å². The Morgan fingerprint density at radius 2 is 1.77 bits per heavy atom. The summed E-state index contributed by atoms with van der Waals surface area (Å²) in [4.78, 5) is 25.8. The minimum atomic E-state index is -0.224. The predicted molar refractivity (Wildman–Crippen MR) is 166 cm³/mol. The van der Waals surface area contributed by atoms with Crippen LogP contribution in [0.25, 0.3) is 33.1 Å². The van der Waals surface area contributed by atoms with E-state index in [-0.39, 0.29) is 17.6 Å². The number of carbonyl (C=O) groups is 1. The monoisotopic (exact) mass is 597 g/mol. The van der Waals surface area contributed by atoms with Crippen LogP contribution < -0.4 is 30.6 Å². The number of nitrogens with one attached hydrogen (secondary N) is 3. The summed E-state index contributed by atoms with van der Waals surface area (Å²) in [7, 11) is 4.63. The Morgan fingerprint density at radius 1 is 0.977 bits per heavy atom. The Hall–Kier alpha value is -5.56. The van der Waals surface area contributed by atoms with Crippen LogP contribution in [-0.4, -0.2) is 47.3 Å². The molecule has 0 aliphatic rings. The van der Waals surface area contributed by atoms with Crippen molar-refractivity contribution in [1.82, 2.24) is 20.1 Å². The maximum atomic E-state index is 13.1. The lowest BCUT2D eigenvalue weighted by molar-refractivity contribution is 0.102. The van der Waals surface area contributed by atoms with Crippen LogP contribution in [0.5, 0.6) is 17.2 Å². The summed E-state index contributed by atoms with van der Waals surface area (Å²) in [5, 5.41) is 11.7. The van der Waals surface area contributed by atoms with Gasteiger partial charge in [0.05, 0.1) is 21.3 Å². The molecule has 6 aromatic rings. The molecule has 0 bridgehead atoms. The molecule has 0 saturated carbocycles. The molecule has 6 rings (SSSR count). The van der Waals surface area contributed by atoms with E-state index in [1.165, 1.54) is 11.3 Å². The molecule has 12 nitrogen and oxygen atoms in total. The fraction of sp³-hybridized carbons (Fsp3) is 0.133. The van der Waals surface area contributed by atoms with Crippen molar-refractivity contribution in [3.8, 4) is 39.4 Å². The average molecular weight is 598 g/mol. The number of nitrogens with two attached hydrogens (primary N) is 1. The Bertz CT molecular complexity index is 1940. The van der Waals surface area contributed by atoms with Crippen LogP contribution in [0.2, 0.25) is 0 Å². The van der Waals surface area contributed by atoms with Gasteiger partial charge >= 0.3 is 0 Å². The number of hydrogen-bond donors (Lipinski definition) is 4. The van der Waals surface area contributed by atoms with Crippen LogP contribution in [0.15, 0.2) is 65.3 Å². The third kappa shape index (κ3) is 5.28. The number of methoxy groups -OCH3 is 3. The Balaban J connectivity index is 1.24. The molecule has 0 aliphatic carbocycles. The van der Waals surface area contributed by atoms with Gasteiger partial charge in [0.25, 0.3) is 11.8 Å². The molecule has 218 valence electrons. The molecule has 0 spiro atoms. The summed E-state index contributed by atoms with van der Waals surface area (Å²) in [5.74, 6) is 2.03. The molecule has 3 aromatic heterocycles. The number of amides is 1. The number of hydrogen-bond acceptors (Lipinski definition) is 11. The zero-order chi connectivity index (χ0) is 30.1. The van der Waals surface area contributed by atoms with E-state index in [1.807, 2.05) is 49.5 Å². The molecule has 1 amide bonds. The third-order valence-corrected chi connectivity index (χ3v) is 7.74. The van der Waals surface area contributed by atoms with Crippen molar-refractivity contribution in [3.63, 3.8) is 0 Å². The lowest BCUT2D eigenvalue weighted by Crippen LogP contribution is -2.12. The molecule has 3 aromatic carbocycles. The minimum absolute atomic E-state index is 0.218. The number of anilines is 4. The van der Waals surface area contributed by atoms with E-state index in [1.54, 1.807) is 39.5 Å². The van der Waals surface area contributed by atoms with Gasteiger partial charge in [-0.25, -0.2) is 4.98 Å². The second kappa shape index (κ2) is 11.4. The summed E-state index contributed by atoms with van der Waals surface area (Å²) in [5.41, 5.74) is 10.6. The molecular weight excluding hydrogens is 570 g/mol. The highest BCUT2D eigenvalue weighted by molar-refractivity contribution is 7.19. The van der Waals surface area contributed by atoms with Gasteiger partial charge in [-0.05, 0) is 42.8 Å². The lowest BCUT2D eigenvalue weighted by atomic mass is 10.1. The molecule has 13 heteroatoms. The number of benzene rings is 3. The van der Waals surface area contributed by atoms with Crippen LogP contribution >= 0.6 is 11.3 Å². The Labute approximate surface area is 249 Å². The number of nitrogens with zero attached hydrogens (tertiary/aromatic N) is 3. The number of aromatic amines is 1. The van der Waals surface area contributed by atoms with E-state index >= 15 is 0 Å². The second-order valence-electron chi connectivity index (χ2n) is 9.42. The summed E-state index contributed by atoms with van der Waals surface area (Å²) >= 11 is 1.25. The van der Waals surface area contributed by atoms with Crippen LogP contribution in [0.1, 0.15) is 15.9 Å². The molecule has 0 fully saturated rings. The lowest BCUT2D eigenvalue weighted by Gasteiger charge is -2.14. The zero-order valence-electron chi connectivity index (χ0n) is 23.6. The van der Waals surface area contributed by atoms with Crippen LogP contribution in [-0.2, 0) is 0 Å². The fourth-order valence-corrected chi connectivity index (χ4v) is 5.49. The molecule has 3 heterocycles. The summed E-state index contributed by atoms with van der Waals surface area (Å²) < 4.78 is 21.8. The van der Waals surface area contributed by atoms with Gasteiger partial charge in [-0.15, -0.1) is 0 Å². The van der Waals surface area contributed by atoms with Crippen LogP contribution in [0.3, 0.4) is 0 Å². The quantitative estimate of drug-likeness (QED) is 0.150. The van der Waals surface area contributed by atoms with Gasteiger partial charge < -0.3 is 40.1 Å². The molecule has 0 atom stereocenters. The molecule has 43 heavy (non-hydrogen) atoms. The van der Waals surface area contributed by atoms with E-state index in [2.05, 4.69) is 30.7 Å². The van der Waals surface area contributed by atoms with Gasteiger partial charge in [-0.1, -0.05) is 28.6 Å². The van der Waals surface area contributed by atoms with Gasteiger partial charge in [0.1, 0.15) is 10.7 Å². The molecule has 0 radical (unpaired) electrons. The van der Waals surface area contributed by atoms with Gasteiger partial charge in [-0.2, -0.15) is 4.98 Å². The first-order valence-corrected chi connectivity index (χ1v) is 13.9. The molecule has 5 N–H and O–H groups in total. The highest BCUT2D eigenvalue weighted by Gasteiger charge is 2.21. The van der Waals surface area contributed by atoms with Crippen molar-refractivity contribution < 1.29 is 23.5 Å². The van der Waals surface area contributed by atoms with Crippen molar-refractivity contribution in [1.29, 1.82) is 0 Å². The summed E-state index contributed by atoms with van der Waals surface area (Å²) in [6, 6.07) is 16.5. The summed E-state index contributed by atoms with van der Waals surface area (Å²) in [6.07, 6.45) is 1.81. The van der Waals surface area contributed by atoms with Crippen molar-refractivity contribution in [2.75, 3.05) is 37.7 Å². The smallest absolute Gasteiger partial charge is 0.272 e. The first-order valence-electron chi connectivity index (χ1n) is 13.0.